The van der Waals surface area contributed by atoms with Crippen LogP contribution in [0.1, 0.15) is 10.4 Å². The van der Waals surface area contributed by atoms with Gasteiger partial charge >= 0.3 is 0 Å². The van der Waals surface area contributed by atoms with E-state index in [1.165, 1.54) is 19.5 Å². The molecule has 31 heavy (non-hydrogen) atoms. The predicted molar refractivity (Wildman–Crippen MR) is 120 cm³/mol. The molecule has 0 fully saturated rings. The molecular formula is C21H18Cl2N4O4. The summed E-state index contributed by atoms with van der Waals surface area (Å²) in [6, 6.07) is 11.3. The monoisotopic (exact) mass is 460 g/mol. The van der Waals surface area contributed by atoms with Crippen molar-refractivity contribution in [1.82, 2.24) is 20.4 Å². The highest BCUT2D eigenvalue weighted by molar-refractivity contribution is 6.10. The summed E-state index contributed by atoms with van der Waals surface area (Å²) in [5.41, 5.74) is 4.82. The molecule has 8 nitrogen and oxygen atoms in total. The van der Waals surface area contributed by atoms with Crippen molar-refractivity contribution in [2.45, 2.75) is 0 Å². The lowest BCUT2D eigenvalue weighted by atomic mass is 10.00. The molecule has 0 atom stereocenters. The number of hydroxylamine groups is 1. The van der Waals surface area contributed by atoms with Crippen LogP contribution in [0.2, 0.25) is 0 Å². The first-order chi connectivity index (χ1) is 14.1. The van der Waals surface area contributed by atoms with Gasteiger partial charge in [-0.15, -0.1) is 24.8 Å². The Labute approximate surface area is 189 Å². The molecule has 0 radical (unpaired) electrons. The number of benzene rings is 1. The van der Waals surface area contributed by atoms with Gasteiger partial charge in [-0.25, -0.2) is 10.5 Å². The van der Waals surface area contributed by atoms with Crippen LogP contribution in [0.4, 0.5) is 0 Å². The lowest BCUT2D eigenvalue weighted by Gasteiger charge is -2.15. The Morgan fingerprint density at radius 3 is 2.16 bits per heavy atom. The summed E-state index contributed by atoms with van der Waals surface area (Å²) >= 11 is 0. The fourth-order valence-corrected chi connectivity index (χ4v) is 3.19. The van der Waals surface area contributed by atoms with Crippen LogP contribution in [0.25, 0.3) is 33.3 Å². The van der Waals surface area contributed by atoms with Crippen molar-refractivity contribution in [3.05, 3.63) is 66.7 Å². The number of fused-ring (bicyclic) bond motifs is 1. The molecule has 0 unspecified atom stereocenters. The van der Waals surface area contributed by atoms with Crippen LogP contribution < -0.4 is 10.2 Å². The Morgan fingerprint density at radius 1 is 0.935 bits per heavy atom. The van der Waals surface area contributed by atoms with E-state index in [9.17, 15) is 15.1 Å². The molecule has 10 heteroatoms. The number of pyridine rings is 3. The summed E-state index contributed by atoms with van der Waals surface area (Å²) in [6.45, 7) is 0. The van der Waals surface area contributed by atoms with Crippen LogP contribution in [0.3, 0.4) is 0 Å². The lowest BCUT2D eigenvalue weighted by Crippen LogP contribution is -2.20. The zero-order valence-corrected chi connectivity index (χ0v) is 17.8. The lowest BCUT2D eigenvalue weighted by molar-refractivity contribution is 0.0705. The summed E-state index contributed by atoms with van der Waals surface area (Å²) in [4.78, 5) is 24.8. The molecule has 3 N–H and O–H groups in total. The third-order valence-corrected chi connectivity index (χ3v) is 4.54. The molecule has 0 aliphatic heterocycles. The zero-order valence-electron chi connectivity index (χ0n) is 16.1. The minimum Gasteiger partial charge on any atom is -0.504 e. The highest BCUT2D eigenvalue weighted by Gasteiger charge is 2.24. The Balaban J connectivity index is 0.00000171. The van der Waals surface area contributed by atoms with Gasteiger partial charge in [-0.1, -0.05) is 24.3 Å². The van der Waals surface area contributed by atoms with Gasteiger partial charge in [-0.2, -0.15) is 0 Å². The van der Waals surface area contributed by atoms with Gasteiger partial charge in [0.1, 0.15) is 11.2 Å². The van der Waals surface area contributed by atoms with E-state index in [1.54, 1.807) is 17.9 Å². The summed E-state index contributed by atoms with van der Waals surface area (Å²) < 4.78 is 5.46. The van der Waals surface area contributed by atoms with E-state index in [2.05, 4.69) is 15.0 Å². The molecule has 0 aliphatic carbocycles. The van der Waals surface area contributed by atoms with Gasteiger partial charge in [0.2, 0.25) is 0 Å². The number of rotatable bonds is 4. The van der Waals surface area contributed by atoms with Gasteiger partial charge < -0.3 is 9.84 Å². The number of halogens is 2. The second kappa shape index (κ2) is 10.0. The minimum atomic E-state index is -0.795. The number of carbonyl (C=O) groups is 1. The third-order valence-electron chi connectivity index (χ3n) is 4.54. The second-order valence-electron chi connectivity index (χ2n) is 6.18. The van der Waals surface area contributed by atoms with Crippen LogP contribution in [0.15, 0.2) is 61.2 Å². The molecule has 0 spiro atoms. The Bertz CT molecular complexity index is 1210. The number of hydrogen-bond acceptors (Lipinski definition) is 7. The number of nitrogens with one attached hydrogen (secondary N) is 1. The van der Waals surface area contributed by atoms with Crippen LogP contribution in [-0.4, -0.2) is 38.3 Å². The van der Waals surface area contributed by atoms with Crippen LogP contribution >= 0.6 is 24.8 Å². The van der Waals surface area contributed by atoms with E-state index in [0.29, 0.717) is 11.3 Å². The van der Waals surface area contributed by atoms with E-state index in [-0.39, 0.29) is 52.8 Å². The summed E-state index contributed by atoms with van der Waals surface area (Å²) in [5, 5.41) is 19.7. The third kappa shape index (κ3) is 4.36. The first-order valence-electron chi connectivity index (χ1n) is 8.64. The summed E-state index contributed by atoms with van der Waals surface area (Å²) in [6.07, 6.45) is 6.05. The van der Waals surface area contributed by atoms with Crippen molar-refractivity contribution >= 4 is 41.6 Å². The minimum absolute atomic E-state index is 0. The van der Waals surface area contributed by atoms with Crippen LogP contribution in [0, 0.1) is 0 Å². The van der Waals surface area contributed by atoms with Crippen molar-refractivity contribution in [2.24, 2.45) is 0 Å². The molecular weight excluding hydrogens is 443 g/mol. The Kier molecular flexibility index (Phi) is 7.71. The molecule has 3 heterocycles. The zero-order chi connectivity index (χ0) is 20.4. The predicted octanol–water partition coefficient (Wildman–Crippen LogP) is 4.04. The fraction of sp³-hybridized carbons (Fsp3) is 0.0476. The number of nitrogens with zero attached hydrogens (tertiary/aromatic N) is 3. The van der Waals surface area contributed by atoms with Gasteiger partial charge in [0.25, 0.3) is 5.91 Å². The second-order valence-corrected chi connectivity index (χ2v) is 6.18. The molecule has 1 aromatic carbocycles. The molecule has 160 valence electrons. The molecule has 0 aliphatic rings. The smallest absolute Gasteiger partial charge is 0.279 e. The molecule has 0 bridgehead atoms. The quantitative estimate of drug-likeness (QED) is 0.310. The molecule has 0 saturated carbocycles. The average Bonchev–Trinajstić information content (AvgIpc) is 2.78. The van der Waals surface area contributed by atoms with Crippen LogP contribution in [0.5, 0.6) is 11.5 Å². The molecule has 0 saturated heterocycles. The van der Waals surface area contributed by atoms with Crippen molar-refractivity contribution in [3.8, 4) is 33.9 Å². The van der Waals surface area contributed by atoms with Crippen molar-refractivity contribution < 1.29 is 19.8 Å². The molecule has 3 aromatic heterocycles. The van der Waals surface area contributed by atoms with Crippen LogP contribution in [-0.2, 0) is 0 Å². The number of carbonyl (C=O) groups excluding carboxylic acids is 1. The maximum Gasteiger partial charge on any atom is 0.279 e. The topological polar surface area (TPSA) is 117 Å². The number of aromatic hydroxyl groups is 1. The van der Waals surface area contributed by atoms with E-state index < -0.39 is 5.91 Å². The van der Waals surface area contributed by atoms with Gasteiger partial charge in [0.05, 0.1) is 18.9 Å². The standard InChI is InChI=1S/C21H16N4O4.2ClH/c1-29-20-17(21(27)25-28)15-10-23-11-16(26)19(15)24-18(20)14-4-2-12(3-5-14)13-6-8-22-9-7-13;;/h2-11,26,28H,1H3,(H,25,27);2*1H. The highest BCUT2D eigenvalue weighted by atomic mass is 35.5. The van der Waals surface area contributed by atoms with Gasteiger partial charge in [0, 0.05) is 29.5 Å². The van der Waals surface area contributed by atoms with Crippen molar-refractivity contribution in [3.63, 3.8) is 0 Å². The van der Waals surface area contributed by atoms with E-state index in [1.807, 2.05) is 36.4 Å². The SMILES string of the molecule is COc1c(-c2ccc(-c3ccncc3)cc2)nc2c(O)cncc2c1C(=O)NO.Cl.Cl. The van der Waals surface area contributed by atoms with Gasteiger partial charge in [-0.3, -0.25) is 20.0 Å². The number of aromatic nitrogens is 3. The fourth-order valence-electron chi connectivity index (χ4n) is 3.19. The maximum atomic E-state index is 12.4. The van der Waals surface area contributed by atoms with Gasteiger partial charge in [0.15, 0.2) is 11.5 Å². The molecule has 1 amide bonds. The first-order valence-corrected chi connectivity index (χ1v) is 8.64. The number of hydrogen-bond donors (Lipinski definition) is 3. The average molecular weight is 461 g/mol. The van der Waals surface area contributed by atoms with E-state index in [4.69, 9.17) is 4.74 Å². The van der Waals surface area contributed by atoms with E-state index >= 15 is 0 Å². The van der Waals surface area contributed by atoms with Crippen molar-refractivity contribution in [2.75, 3.05) is 7.11 Å². The van der Waals surface area contributed by atoms with E-state index in [0.717, 1.165) is 11.1 Å². The maximum absolute atomic E-state index is 12.4. The molecule has 4 aromatic rings. The Hall–Kier alpha value is -3.46. The van der Waals surface area contributed by atoms with Crippen molar-refractivity contribution in [1.29, 1.82) is 0 Å². The number of amides is 1. The molecule has 4 rings (SSSR count). The number of methoxy groups -OCH3 is 1. The first kappa shape index (κ1) is 23.8. The Morgan fingerprint density at radius 2 is 1.55 bits per heavy atom. The largest absolute Gasteiger partial charge is 0.504 e. The van der Waals surface area contributed by atoms with Gasteiger partial charge in [-0.05, 0) is 23.3 Å². The normalized spacial score (nSPS) is 10.0. The highest BCUT2D eigenvalue weighted by Crippen LogP contribution is 2.38. The number of ether oxygens (including phenoxy) is 1. The summed E-state index contributed by atoms with van der Waals surface area (Å²) in [7, 11) is 1.40. The summed E-state index contributed by atoms with van der Waals surface area (Å²) in [5.74, 6) is -0.823.